The number of aromatic hydroxyl groups is 1. The fourth-order valence-electron chi connectivity index (χ4n) is 1.86. The molecule has 0 radical (unpaired) electrons. The molecule has 14 heavy (non-hydrogen) atoms. The third-order valence-electron chi connectivity index (χ3n) is 2.60. The zero-order valence-corrected chi connectivity index (χ0v) is 7.46. The Morgan fingerprint density at radius 3 is 2.57 bits per heavy atom. The predicted molar refractivity (Wildman–Crippen MR) is 48.7 cm³/mol. The molecule has 0 heterocycles. The molecule has 0 aromatic heterocycles. The van der Waals surface area contributed by atoms with Gasteiger partial charge < -0.3 is 20.4 Å². The molecule has 0 amide bonds. The third kappa shape index (κ3) is 1.28. The summed E-state index contributed by atoms with van der Waals surface area (Å²) in [6.45, 7) is 0. The Kier molecular flexibility index (Phi) is 2.19. The van der Waals surface area contributed by atoms with Crippen molar-refractivity contribution in [3.05, 3.63) is 29.3 Å². The maximum Gasteiger partial charge on any atom is 0.121 e. The molecule has 2 rings (SSSR count). The molecule has 0 unspecified atom stereocenters. The Morgan fingerprint density at radius 1 is 1.14 bits per heavy atom. The summed E-state index contributed by atoms with van der Waals surface area (Å²) in [7, 11) is 0. The number of phenolic OH excluding ortho intramolecular Hbond substituents is 1. The molecular formula is C10H12O4. The largest absolute Gasteiger partial charge is 0.508 e. The second kappa shape index (κ2) is 3.24. The van der Waals surface area contributed by atoms with Crippen molar-refractivity contribution in [2.45, 2.75) is 24.7 Å². The lowest BCUT2D eigenvalue weighted by Gasteiger charge is -2.30. The second-order valence-corrected chi connectivity index (χ2v) is 3.54. The maximum atomic E-state index is 9.61. The van der Waals surface area contributed by atoms with Gasteiger partial charge in [-0.1, -0.05) is 12.1 Å². The van der Waals surface area contributed by atoms with Crippen LogP contribution >= 0.6 is 0 Å². The number of benzene rings is 1. The second-order valence-electron chi connectivity index (χ2n) is 3.54. The smallest absolute Gasteiger partial charge is 0.121 e. The van der Waals surface area contributed by atoms with E-state index in [1.54, 1.807) is 12.1 Å². The van der Waals surface area contributed by atoms with E-state index in [0.717, 1.165) is 0 Å². The van der Waals surface area contributed by atoms with Crippen LogP contribution in [0.4, 0.5) is 0 Å². The summed E-state index contributed by atoms with van der Waals surface area (Å²) < 4.78 is 0. The van der Waals surface area contributed by atoms with Crippen LogP contribution in [0, 0.1) is 0 Å². The predicted octanol–water partition coefficient (Wildman–Crippen LogP) is 0.224. The minimum atomic E-state index is -1.12. The lowest BCUT2D eigenvalue weighted by molar-refractivity contribution is -0.0299. The van der Waals surface area contributed by atoms with Gasteiger partial charge in [0.15, 0.2) is 0 Å². The van der Waals surface area contributed by atoms with Crippen molar-refractivity contribution < 1.29 is 20.4 Å². The average Bonchev–Trinajstić information content (AvgIpc) is 2.14. The van der Waals surface area contributed by atoms with Crippen molar-refractivity contribution in [3.63, 3.8) is 0 Å². The van der Waals surface area contributed by atoms with Crippen LogP contribution in [0.25, 0.3) is 0 Å². The van der Waals surface area contributed by atoms with E-state index in [1.807, 2.05) is 0 Å². The molecule has 0 saturated carbocycles. The minimum absolute atomic E-state index is 0.0900. The van der Waals surface area contributed by atoms with Crippen molar-refractivity contribution in [1.82, 2.24) is 0 Å². The van der Waals surface area contributed by atoms with E-state index >= 15 is 0 Å². The molecular weight excluding hydrogens is 184 g/mol. The molecule has 3 atom stereocenters. The van der Waals surface area contributed by atoms with Crippen LogP contribution in [0.1, 0.15) is 29.8 Å². The first-order valence-corrected chi connectivity index (χ1v) is 4.47. The summed E-state index contributed by atoms with van der Waals surface area (Å²) in [4.78, 5) is 0. The van der Waals surface area contributed by atoms with E-state index < -0.39 is 18.3 Å². The number of rotatable bonds is 0. The highest BCUT2D eigenvalue weighted by molar-refractivity contribution is 5.44. The highest BCUT2D eigenvalue weighted by atomic mass is 16.3. The number of hydrogen-bond acceptors (Lipinski definition) is 4. The molecule has 0 saturated heterocycles. The molecule has 1 aromatic carbocycles. The minimum Gasteiger partial charge on any atom is -0.508 e. The first-order valence-electron chi connectivity index (χ1n) is 4.47. The van der Waals surface area contributed by atoms with Crippen LogP contribution in [-0.2, 0) is 0 Å². The zero-order valence-electron chi connectivity index (χ0n) is 7.46. The summed E-state index contributed by atoms with van der Waals surface area (Å²) >= 11 is 0. The van der Waals surface area contributed by atoms with Crippen molar-refractivity contribution in [3.8, 4) is 5.75 Å². The van der Waals surface area contributed by atoms with E-state index in [-0.39, 0.29) is 17.7 Å². The zero-order chi connectivity index (χ0) is 10.3. The average molecular weight is 196 g/mol. The molecule has 4 N–H and O–H groups in total. The van der Waals surface area contributed by atoms with Gasteiger partial charge in [0.1, 0.15) is 11.9 Å². The van der Waals surface area contributed by atoms with E-state index in [0.29, 0.717) is 5.56 Å². The molecule has 4 nitrogen and oxygen atoms in total. The lowest BCUT2D eigenvalue weighted by Crippen LogP contribution is -2.27. The Bertz CT molecular complexity index is 350. The molecule has 0 spiro atoms. The molecule has 76 valence electrons. The number of hydrogen-bond donors (Lipinski definition) is 4. The molecule has 4 heteroatoms. The van der Waals surface area contributed by atoms with Crippen molar-refractivity contribution in [2.24, 2.45) is 0 Å². The van der Waals surface area contributed by atoms with E-state index in [2.05, 4.69) is 0 Å². The van der Waals surface area contributed by atoms with Gasteiger partial charge in [0.2, 0.25) is 0 Å². The van der Waals surface area contributed by atoms with Gasteiger partial charge in [0.05, 0.1) is 12.2 Å². The fraction of sp³-hybridized carbons (Fsp3) is 0.400. The SMILES string of the molecule is Oc1cccc2c1[C@H](O)[C@H](O)C[C@H]2O. The van der Waals surface area contributed by atoms with E-state index in [1.165, 1.54) is 6.07 Å². The van der Waals surface area contributed by atoms with E-state index in [4.69, 9.17) is 0 Å². The molecule has 1 aliphatic rings. The number of phenols is 1. The first kappa shape index (κ1) is 9.45. The van der Waals surface area contributed by atoms with Crippen molar-refractivity contribution in [1.29, 1.82) is 0 Å². The number of aliphatic hydroxyl groups excluding tert-OH is 3. The highest BCUT2D eigenvalue weighted by Gasteiger charge is 2.33. The number of fused-ring (bicyclic) bond motifs is 1. The normalized spacial score (nSPS) is 31.2. The summed E-state index contributed by atoms with van der Waals surface area (Å²) in [6, 6.07) is 4.66. The van der Waals surface area contributed by atoms with Crippen LogP contribution in [-0.4, -0.2) is 26.5 Å². The molecule has 0 fully saturated rings. The number of aliphatic hydroxyl groups is 3. The van der Waals surface area contributed by atoms with Crippen LogP contribution in [0.5, 0.6) is 5.75 Å². The highest BCUT2D eigenvalue weighted by Crippen LogP contribution is 2.40. The van der Waals surface area contributed by atoms with Crippen LogP contribution in [0.2, 0.25) is 0 Å². The topological polar surface area (TPSA) is 80.9 Å². The van der Waals surface area contributed by atoms with E-state index in [9.17, 15) is 20.4 Å². The summed E-state index contributed by atoms with van der Waals surface area (Å²) in [6.07, 6.45) is -2.87. The molecule has 1 aromatic rings. The summed E-state index contributed by atoms with van der Waals surface area (Å²) in [5.41, 5.74) is 0.724. The van der Waals surface area contributed by atoms with Crippen molar-refractivity contribution in [2.75, 3.05) is 0 Å². The van der Waals surface area contributed by atoms with Gasteiger partial charge in [-0.25, -0.2) is 0 Å². The van der Waals surface area contributed by atoms with Gasteiger partial charge in [-0.15, -0.1) is 0 Å². The van der Waals surface area contributed by atoms with Crippen LogP contribution < -0.4 is 0 Å². The monoisotopic (exact) mass is 196 g/mol. The van der Waals surface area contributed by atoms with Gasteiger partial charge in [-0.2, -0.15) is 0 Å². The molecule has 1 aliphatic carbocycles. The third-order valence-corrected chi connectivity index (χ3v) is 2.60. The van der Waals surface area contributed by atoms with Crippen LogP contribution in [0.15, 0.2) is 18.2 Å². The van der Waals surface area contributed by atoms with Crippen LogP contribution in [0.3, 0.4) is 0 Å². The first-order chi connectivity index (χ1) is 6.61. The Labute approximate surface area is 81.1 Å². The summed E-state index contributed by atoms with van der Waals surface area (Å²) in [5, 5.41) is 38.1. The standard InChI is InChI=1S/C10H12O4/c11-6-3-1-2-5-7(12)4-8(13)10(14)9(5)6/h1-3,7-8,10-14H,4H2/t7-,8-,10-/m1/s1. The Hall–Kier alpha value is -1.10. The molecule has 0 aliphatic heterocycles. The van der Waals surface area contributed by atoms with Gasteiger partial charge in [-0.05, 0) is 11.6 Å². The lowest BCUT2D eigenvalue weighted by atomic mass is 9.85. The Morgan fingerprint density at radius 2 is 1.86 bits per heavy atom. The summed E-state index contributed by atoms with van der Waals surface area (Å²) in [5.74, 6) is -0.0900. The quantitative estimate of drug-likeness (QED) is 0.478. The fourth-order valence-corrected chi connectivity index (χ4v) is 1.86. The van der Waals surface area contributed by atoms with Crippen molar-refractivity contribution >= 4 is 0 Å². The Balaban J connectivity index is 2.56. The van der Waals surface area contributed by atoms with Gasteiger partial charge in [-0.3, -0.25) is 0 Å². The van der Waals surface area contributed by atoms with Gasteiger partial charge in [0, 0.05) is 12.0 Å². The van der Waals surface area contributed by atoms with Gasteiger partial charge >= 0.3 is 0 Å². The van der Waals surface area contributed by atoms with Gasteiger partial charge in [0.25, 0.3) is 0 Å². The molecule has 0 bridgehead atoms. The maximum absolute atomic E-state index is 9.61.